The summed E-state index contributed by atoms with van der Waals surface area (Å²) in [7, 11) is 0. The molecule has 0 radical (unpaired) electrons. The third kappa shape index (κ3) is 4.00. The van der Waals surface area contributed by atoms with Gasteiger partial charge in [-0.15, -0.1) is 0 Å². The summed E-state index contributed by atoms with van der Waals surface area (Å²) in [6, 6.07) is 3.79. The van der Waals surface area contributed by atoms with Crippen molar-refractivity contribution in [3.63, 3.8) is 0 Å². The maximum atomic E-state index is 13.3. The highest BCUT2D eigenvalue weighted by molar-refractivity contribution is 6.31. The summed E-state index contributed by atoms with van der Waals surface area (Å²) >= 11 is 5.78. The average molecular weight is 392 g/mol. The lowest BCUT2D eigenvalue weighted by Crippen LogP contribution is -2.27. The van der Waals surface area contributed by atoms with E-state index in [1.807, 2.05) is 13.8 Å². The van der Waals surface area contributed by atoms with Gasteiger partial charge in [0.2, 0.25) is 11.7 Å². The maximum absolute atomic E-state index is 13.3. The first-order valence-corrected chi connectivity index (χ1v) is 8.79. The van der Waals surface area contributed by atoms with Crippen LogP contribution in [0.2, 0.25) is 5.02 Å². The molecule has 3 rings (SSSR count). The Morgan fingerprint density at radius 2 is 2.07 bits per heavy atom. The van der Waals surface area contributed by atoms with Crippen LogP contribution in [0.1, 0.15) is 54.8 Å². The Morgan fingerprint density at radius 1 is 1.33 bits per heavy atom. The van der Waals surface area contributed by atoms with Gasteiger partial charge in [0.1, 0.15) is 11.9 Å². The first-order valence-electron chi connectivity index (χ1n) is 8.42. The van der Waals surface area contributed by atoms with Crippen LogP contribution >= 0.6 is 11.6 Å². The molecule has 7 nitrogen and oxygen atoms in total. The van der Waals surface area contributed by atoms with E-state index in [9.17, 15) is 9.18 Å². The maximum Gasteiger partial charge on any atom is 0.255 e. The molecule has 0 aliphatic rings. The second kappa shape index (κ2) is 7.48. The lowest BCUT2D eigenvalue weighted by atomic mass is 10.2. The number of carbonyl (C=O) groups is 1. The van der Waals surface area contributed by atoms with Gasteiger partial charge in [0, 0.05) is 17.8 Å². The number of nitrogens with zero attached hydrogens (tertiary/aromatic N) is 4. The van der Waals surface area contributed by atoms with E-state index in [1.165, 1.54) is 18.2 Å². The third-order valence-electron chi connectivity index (χ3n) is 4.03. The van der Waals surface area contributed by atoms with Gasteiger partial charge in [0.05, 0.1) is 16.3 Å². The lowest BCUT2D eigenvalue weighted by Gasteiger charge is -2.08. The number of halogens is 2. The molecule has 0 spiro atoms. The van der Waals surface area contributed by atoms with Crippen LogP contribution in [0.5, 0.6) is 0 Å². The molecule has 0 saturated heterocycles. The fraction of sp³-hybridized carbons (Fsp3) is 0.333. The Labute approximate surface area is 160 Å². The normalized spacial score (nSPS) is 12.4. The van der Waals surface area contributed by atoms with Crippen LogP contribution in [0, 0.1) is 12.7 Å². The molecule has 1 aromatic carbocycles. The molecule has 142 valence electrons. The van der Waals surface area contributed by atoms with Crippen LogP contribution in [-0.4, -0.2) is 25.8 Å². The van der Waals surface area contributed by atoms with Gasteiger partial charge in [-0.05, 0) is 45.9 Å². The number of aryl methyl sites for hydroxylation is 1. The monoisotopic (exact) mass is 391 g/mol. The standard InChI is InChI=1S/C18H19ClFN5O2/c1-9(2)25-8-13(10(3)23-25)17(26)21-11(4)18-22-16(24-27-18)12-5-6-15(20)14(19)7-12/h5-9,11H,1-4H3,(H,21,26)/t11-/m0/s1. The molecule has 0 fully saturated rings. The smallest absolute Gasteiger partial charge is 0.255 e. The largest absolute Gasteiger partial charge is 0.340 e. The van der Waals surface area contributed by atoms with Crippen molar-refractivity contribution in [1.82, 2.24) is 25.2 Å². The fourth-order valence-electron chi connectivity index (χ4n) is 2.47. The molecule has 27 heavy (non-hydrogen) atoms. The van der Waals surface area contributed by atoms with Crippen LogP contribution in [-0.2, 0) is 0 Å². The second-order valence-corrected chi connectivity index (χ2v) is 6.89. The van der Waals surface area contributed by atoms with E-state index in [0.29, 0.717) is 16.8 Å². The topological polar surface area (TPSA) is 85.8 Å². The Hall–Kier alpha value is -2.74. The van der Waals surface area contributed by atoms with Crippen LogP contribution in [0.4, 0.5) is 4.39 Å². The molecule has 0 aliphatic carbocycles. The highest BCUT2D eigenvalue weighted by Gasteiger charge is 2.21. The molecular weight excluding hydrogens is 373 g/mol. The number of rotatable bonds is 5. The zero-order valence-corrected chi connectivity index (χ0v) is 16.1. The molecule has 1 N–H and O–H groups in total. The van der Waals surface area contributed by atoms with Crippen molar-refractivity contribution in [3.05, 3.63) is 52.4 Å². The van der Waals surface area contributed by atoms with Gasteiger partial charge in [-0.25, -0.2) is 4.39 Å². The Balaban J connectivity index is 1.75. The van der Waals surface area contributed by atoms with Crippen molar-refractivity contribution in [1.29, 1.82) is 0 Å². The van der Waals surface area contributed by atoms with Gasteiger partial charge < -0.3 is 9.84 Å². The van der Waals surface area contributed by atoms with Crippen LogP contribution in [0.15, 0.2) is 28.9 Å². The predicted octanol–water partition coefficient (Wildman–Crippen LogP) is 4.11. The third-order valence-corrected chi connectivity index (χ3v) is 4.32. The SMILES string of the molecule is Cc1nn(C(C)C)cc1C(=O)N[C@@H](C)c1nc(-c2ccc(F)c(Cl)c2)no1. The molecule has 9 heteroatoms. The van der Waals surface area contributed by atoms with E-state index in [4.69, 9.17) is 16.1 Å². The summed E-state index contributed by atoms with van der Waals surface area (Å²) in [4.78, 5) is 16.8. The van der Waals surface area contributed by atoms with E-state index in [2.05, 4.69) is 20.6 Å². The number of benzene rings is 1. The van der Waals surface area contributed by atoms with E-state index < -0.39 is 11.9 Å². The van der Waals surface area contributed by atoms with Gasteiger partial charge in [-0.1, -0.05) is 16.8 Å². The molecule has 3 aromatic rings. The van der Waals surface area contributed by atoms with Crippen LogP contribution in [0.25, 0.3) is 11.4 Å². The van der Waals surface area contributed by atoms with E-state index in [-0.39, 0.29) is 28.7 Å². The average Bonchev–Trinajstić information content (AvgIpc) is 3.24. The first kappa shape index (κ1) is 19.0. The van der Waals surface area contributed by atoms with Crippen molar-refractivity contribution < 1.29 is 13.7 Å². The van der Waals surface area contributed by atoms with E-state index in [1.54, 1.807) is 24.7 Å². The number of nitrogens with one attached hydrogen (secondary N) is 1. The Kier molecular flexibility index (Phi) is 5.27. The summed E-state index contributed by atoms with van der Waals surface area (Å²) in [5.74, 6) is -0.317. The highest BCUT2D eigenvalue weighted by atomic mass is 35.5. The van der Waals surface area contributed by atoms with Gasteiger partial charge in [-0.2, -0.15) is 10.1 Å². The van der Waals surface area contributed by atoms with Crippen LogP contribution in [0.3, 0.4) is 0 Å². The lowest BCUT2D eigenvalue weighted by molar-refractivity contribution is 0.0932. The van der Waals surface area contributed by atoms with Crippen molar-refractivity contribution in [2.75, 3.05) is 0 Å². The molecule has 2 heterocycles. The molecule has 0 unspecified atom stereocenters. The molecule has 2 aromatic heterocycles. The predicted molar refractivity (Wildman–Crippen MR) is 97.9 cm³/mol. The summed E-state index contributed by atoms with van der Waals surface area (Å²) in [6.45, 7) is 7.48. The number of amides is 1. The van der Waals surface area contributed by atoms with Crippen molar-refractivity contribution in [2.24, 2.45) is 0 Å². The zero-order chi connectivity index (χ0) is 19.7. The minimum atomic E-state index is -0.526. The summed E-state index contributed by atoms with van der Waals surface area (Å²) in [5.41, 5.74) is 1.64. The number of aromatic nitrogens is 4. The minimum Gasteiger partial charge on any atom is -0.340 e. The molecule has 1 amide bonds. The van der Waals surface area contributed by atoms with Crippen molar-refractivity contribution >= 4 is 17.5 Å². The number of hydrogen-bond acceptors (Lipinski definition) is 5. The van der Waals surface area contributed by atoms with Gasteiger partial charge >= 0.3 is 0 Å². The van der Waals surface area contributed by atoms with E-state index in [0.717, 1.165) is 0 Å². The van der Waals surface area contributed by atoms with Crippen LogP contribution < -0.4 is 5.32 Å². The number of hydrogen-bond donors (Lipinski definition) is 1. The molecular formula is C18H19ClFN5O2. The summed E-state index contributed by atoms with van der Waals surface area (Å²) in [6.07, 6.45) is 1.71. The minimum absolute atomic E-state index is 0.0298. The van der Waals surface area contributed by atoms with Crippen molar-refractivity contribution in [3.8, 4) is 11.4 Å². The molecule has 0 saturated carbocycles. The van der Waals surface area contributed by atoms with Crippen molar-refractivity contribution in [2.45, 2.75) is 39.8 Å². The summed E-state index contributed by atoms with van der Waals surface area (Å²) in [5, 5.41) is 11.0. The zero-order valence-electron chi connectivity index (χ0n) is 15.3. The summed E-state index contributed by atoms with van der Waals surface area (Å²) < 4.78 is 20.2. The highest BCUT2D eigenvalue weighted by Crippen LogP contribution is 2.24. The quantitative estimate of drug-likeness (QED) is 0.707. The van der Waals surface area contributed by atoms with Gasteiger partial charge in [-0.3, -0.25) is 9.48 Å². The first-order chi connectivity index (χ1) is 12.8. The molecule has 0 bridgehead atoms. The van der Waals surface area contributed by atoms with Gasteiger partial charge in [0.15, 0.2) is 0 Å². The Morgan fingerprint density at radius 3 is 2.70 bits per heavy atom. The van der Waals surface area contributed by atoms with E-state index >= 15 is 0 Å². The molecule has 0 aliphatic heterocycles. The Bertz CT molecular complexity index is 982. The number of carbonyl (C=O) groups excluding carboxylic acids is 1. The molecule has 1 atom stereocenters. The second-order valence-electron chi connectivity index (χ2n) is 6.48. The fourth-order valence-corrected chi connectivity index (χ4v) is 2.65. The van der Waals surface area contributed by atoms with Gasteiger partial charge in [0.25, 0.3) is 5.91 Å².